The molecule has 4 aromatic rings. The van der Waals surface area contributed by atoms with Gasteiger partial charge in [-0.3, -0.25) is 0 Å². The van der Waals surface area contributed by atoms with Crippen LogP contribution in [0, 0.1) is 11.3 Å². The molecule has 0 unspecified atom stereocenters. The minimum absolute atomic E-state index is 0.404. The van der Waals surface area contributed by atoms with Gasteiger partial charge in [0.15, 0.2) is 5.65 Å². The smallest absolute Gasteiger partial charge is 0.239 e. The molecule has 0 N–H and O–H groups in total. The van der Waals surface area contributed by atoms with Gasteiger partial charge in [0.25, 0.3) is 0 Å². The Morgan fingerprint density at radius 1 is 0.875 bits per heavy atom. The topological polar surface area (TPSA) is 89.0 Å². The Labute approximate surface area is 136 Å². The molecule has 24 heavy (non-hydrogen) atoms. The van der Waals surface area contributed by atoms with Crippen molar-refractivity contribution in [3.05, 3.63) is 66.2 Å². The average molecular weight is 314 g/mol. The highest BCUT2D eigenvalue weighted by molar-refractivity contribution is 5.65. The first-order chi connectivity index (χ1) is 11.8. The lowest BCUT2D eigenvalue weighted by Crippen LogP contribution is -1.97. The Morgan fingerprint density at radius 3 is 2.29 bits per heavy atom. The van der Waals surface area contributed by atoms with Crippen molar-refractivity contribution in [1.29, 1.82) is 5.26 Å². The van der Waals surface area contributed by atoms with E-state index in [4.69, 9.17) is 10.00 Å². The Morgan fingerprint density at radius 2 is 1.58 bits per heavy atom. The molecule has 0 aliphatic heterocycles. The van der Waals surface area contributed by atoms with Crippen molar-refractivity contribution in [2.75, 3.05) is 0 Å². The van der Waals surface area contributed by atoms with Crippen molar-refractivity contribution in [2.45, 2.75) is 0 Å². The number of tetrazole rings is 1. The van der Waals surface area contributed by atoms with Crippen LogP contribution in [0.25, 0.3) is 16.8 Å². The van der Waals surface area contributed by atoms with E-state index in [1.165, 1.54) is 4.63 Å². The maximum atomic E-state index is 8.84. The van der Waals surface area contributed by atoms with Crippen LogP contribution in [0.2, 0.25) is 0 Å². The van der Waals surface area contributed by atoms with Crippen LogP contribution in [0.1, 0.15) is 5.56 Å². The zero-order valence-electron chi connectivity index (χ0n) is 12.4. The van der Waals surface area contributed by atoms with E-state index < -0.39 is 0 Å². The lowest BCUT2D eigenvalue weighted by molar-refractivity contribution is 0.447. The standard InChI is InChI=1S/C17H10N6O/c18-11-12-1-3-13(4-2-12)14-5-7-15(8-6-14)24-17-10-9-16-19-21-22-23(16)20-17/h1-10H. The Kier molecular flexibility index (Phi) is 3.33. The molecule has 2 aromatic carbocycles. The van der Waals surface area contributed by atoms with Crippen LogP contribution in [-0.4, -0.2) is 25.3 Å². The maximum absolute atomic E-state index is 8.84. The molecule has 4 rings (SSSR count). The van der Waals surface area contributed by atoms with E-state index >= 15 is 0 Å². The summed E-state index contributed by atoms with van der Waals surface area (Å²) in [6.07, 6.45) is 0. The molecule has 2 aromatic heterocycles. The fourth-order valence-electron chi connectivity index (χ4n) is 2.26. The van der Waals surface area contributed by atoms with E-state index in [0.29, 0.717) is 22.8 Å². The lowest BCUT2D eigenvalue weighted by atomic mass is 10.0. The second-order valence-corrected chi connectivity index (χ2v) is 5.01. The summed E-state index contributed by atoms with van der Waals surface area (Å²) in [5.74, 6) is 1.06. The molecule has 0 amide bonds. The fraction of sp³-hybridized carbons (Fsp3) is 0. The molecule has 0 aliphatic rings. The number of nitriles is 1. The van der Waals surface area contributed by atoms with E-state index in [-0.39, 0.29) is 0 Å². The van der Waals surface area contributed by atoms with Crippen molar-refractivity contribution in [3.63, 3.8) is 0 Å². The minimum Gasteiger partial charge on any atom is -0.438 e. The van der Waals surface area contributed by atoms with Crippen LogP contribution in [0.4, 0.5) is 0 Å². The number of aromatic nitrogens is 5. The van der Waals surface area contributed by atoms with Gasteiger partial charge in [-0.2, -0.15) is 5.26 Å². The molecule has 0 spiro atoms. The SMILES string of the molecule is N#Cc1ccc(-c2ccc(Oc3ccc4nnnn4n3)cc2)cc1. The van der Waals surface area contributed by atoms with E-state index in [0.717, 1.165) is 11.1 Å². The summed E-state index contributed by atoms with van der Waals surface area (Å²) in [6, 6.07) is 20.6. The third-order valence-corrected chi connectivity index (χ3v) is 3.47. The van der Waals surface area contributed by atoms with Gasteiger partial charge >= 0.3 is 0 Å². The van der Waals surface area contributed by atoms with E-state index in [1.54, 1.807) is 24.3 Å². The van der Waals surface area contributed by atoms with Gasteiger partial charge in [-0.25, -0.2) is 0 Å². The summed E-state index contributed by atoms with van der Waals surface area (Å²) in [4.78, 5) is 0. The fourth-order valence-corrected chi connectivity index (χ4v) is 2.26. The van der Waals surface area contributed by atoms with E-state index in [9.17, 15) is 0 Å². The number of fused-ring (bicyclic) bond motifs is 1. The van der Waals surface area contributed by atoms with Crippen LogP contribution < -0.4 is 4.74 Å². The number of nitrogens with zero attached hydrogens (tertiary/aromatic N) is 6. The van der Waals surface area contributed by atoms with Gasteiger partial charge in [0.1, 0.15) is 5.75 Å². The van der Waals surface area contributed by atoms with Crippen LogP contribution >= 0.6 is 0 Å². The highest BCUT2D eigenvalue weighted by Crippen LogP contribution is 2.25. The van der Waals surface area contributed by atoms with Crippen LogP contribution in [0.15, 0.2) is 60.7 Å². The first kappa shape index (κ1) is 13.8. The van der Waals surface area contributed by atoms with Gasteiger partial charge < -0.3 is 4.74 Å². The predicted octanol–water partition coefficient (Wildman–Crippen LogP) is 2.85. The number of hydrogen-bond donors (Lipinski definition) is 0. The summed E-state index contributed by atoms with van der Waals surface area (Å²) in [7, 11) is 0. The van der Waals surface area contributed by atoms with Gasteiger partial charge in [-0.15, -0.1) is 14.8 Å². The van der Waals surface area contributed by atoms with Gasteiger partial charge in [0, 0.05) is 6.07 Å². The van der Waals surface area contributed by atoms with E-state index in [1.807, 2.05) is 36.4 Å². The van der Waals surface area contributed by atoms with Crippen molar-refractivity contribution in [3.8, 4) is 28.8 Å². The molecule has 0 radical (unpaired) electrons. The van der Waals surface area contributed by atoms with Gasteiger partial charge in [0.2, 0.25) is 5.88 Å². The maximum Gasteiger partial charge on any atom is 0.239 e. The Hall–Kier alpha value is -3.79. The molecular formula is C17H10N6O. The minimum atomic E-state index is 0.404. The average Bonchev–Trinajstić information content (AvgIpc) is 3.10. The summed E-state index contributed by atoms with van der Waals surface area (Å²) < 4.78 is 7.02. The van der Waals surface area contributed by atoms with E-state index in [2.05, 4.69) is 26.7 Å². The molecule has 0 aliphatic carbocycles. The highest BCUT2D eigenvalue weighted by Gasteiger charge is 2.04. The zero-order valence-corrected chi connectivity index (χ0v) is 12.4. The lowest BCUT2D eigenvalue weighted by Gasteiger charge is -2.06. The molecule has 0 bridgehead atoms. The number of benzene rings is 2. The second-order valence-electron chi connectivity index (χ2n) is 5.01. The Bertz CT molecular complexity index is 1030. The van der Waals surface area contributed by atoms with Crippen molar-refractivity contribution >= 4 is 5.65 Å². The highest BCUT2D eigenvalue weighted by atomic mass is 16.5. The first-order valence-electron chi connectivity index (χ1n) is 7.16. The Balaban J connectivity index is 1.55. The summed E-state index contributed by atoms with van der Waals surface area (Å²) in [5.41, 5.74) is 3.27. The van der Waals surface area contributed by atoms with Crippen molar-refractivity contribution in [1.82, 2.24) is 25.3 Å². The van der Waals surface area contributed by atoms with Crippen LogP contribution in [-0.2, 0) is 0 Å². The molecule has 7 heteroatoms. The molecular weight excluding hydrogens is 304 g/mol. The molecule has 114 valence electrons. The van der Waals surface area contributed by atoms with Crippen LogP contribution in [0.3, 0.4) is 0 Å². The molecule has 7 nitrogen and oxygen atoms in total. The number of ether oxygens (including phenoxy) is 1. The van der Waals surface area contributed by atoms with Gasteiger partial charge in [0.05, 0.1) is 11.6 Å². The van der Waals surface area contributed by atoms with Crippen LogP contribution in [0.5, 0.6) is 11.6 Å². The molecule has 2 heterocycles. The normalized spacial score (nSPS) is 10.5. The van der Waals surface area contributed by atoms with Gasteiger partial charge in [-0.05, 0) is 51.9 Å². The third-order valence-electron chi connectivity index (χ3n) is 3.47. The summed E-state index contributed by atoms with van der Waals surface area (Å²) in [6.45, 7) is 0. The largest absolute Gasteiger partial charge is 0.438 e. The van der Waals surface area contributed by atoms with Gasteiger partial charge in [-0.1, -0.05) is 24.3 Å². The third kappa shape index (κ3) is 2.64. The molecule has 0 fully saturated rings. The zero-order chi connectivity index (χ0) is 16.4. The monoisotopic (exact) mass is 314 g/mol. The summed E-state index contributed by atoms with van der Waals surface area (Å²) in [5, 5.41) is 24.0. The molecule has 0 saturated carbocycles. The quantitative estimate of drug-likeness (QED) is 0.577. The molecule has 0 saturated heterocycles. The number of hydrogen-bond acceptors (Lipinski definition) is 6. The first-order valence-corrected chi connectivity index (χ1v) is 7.16. The predicted molar refractivity (Wildman–Crippen MR) is 85.2 cm³/mol. The van der Waals surface area contributed by atoms with Crippen molar-refractivity contribution < 1.29 is 4.74 Å². The van der Waals surface area contributed by atoms with Crippen molar-refractivity contribution in [2.24, 2.45) is 0 Å². The number of rotatable bonds is 3. The molecule has 0 atom stereocenters. The summed E-state index contributed by atoms with van der Waals surface area (Å²) >= 11 is 0. The second kappa shape index (κ2) is 5.78.